The number of rotatable bonds is 4. The Morgan fingerprint density at radius 2 is 1.96 bits per heavy atom. The third-order valence-corrected chi connectivity index (χ3v) is 3.80. The molecular weight excluding hydrogens is 358 g/mol. The van der Waals surface area contributed by atoms with Gasteiger partial charge in [0.15, 0.2) is 17.2 Å². The second-order valence-corrected chi connectivity index (χ2v) is 5.73. The van der Waals surface area contributed by atoms with Crippen LogP contribution in [0.25, 0.3) is 6.08 Å². The molecule has 7 heteroatoms. The average Bonchev–Trinajstić information content (AvgIpc) is 2.96. The van der Waals surface area contributed by atoms with Gasteiger partial charge in [-0.05, 0) is 35.9 Å². The van der Waals surface area contributed by atoms with Crippen molar-refractivity contribution in [2.75, 3.05) is 7.11 Å². The number of aliphatic imine (C=N–C) groups is 1. The van der Waals surface area contributed by atoms with Crippen LogP contribution >= 0.6 is 11.6 Å². The molecule has 0 amide bonds. The standard InChI is InChI=1S/C19H14ClNO5/c1-11(22)25-16-8-7-12(10-17(16)24-2)9-15-19(23)26-18(21-15)13-5-3-4-6-14(13)20/h3-10H,1-2H3. The molecule has 26 heavy (non-hydrogen) atoms. The Bertz CT molecular complexity index is 949. The molecule has 6 nitrogen and oxygen atoms in total. The Hall–Kier alpha value is -3.12. The van der Waals surface area contributed by atoms with Gasteiger partial charge in [0.25, 0.3) is 0 Å². The summed E-state index contributed by atoms with van der Waals surface area (Å²) in [5.74, 6) is -0.242. The largest absolute Gasteiger partial charge is 0.493 e. The molecule has 0 aromatic heterocycles. The summed E-state index contributed by atoms with van der Waals surface area (Å²) in [4.78, 5) is 27.4. The van der Waals surface area contributed by atoms with Crippen LogP contribution in [0, 0.1) is 0 Å². The molecule has 0 radical (unpaired) electrons. The lowest BCUT2D eigenvalue weighted by atomic mass is 10.1. The molecule has 0 saturated heterocycles. The van der Waals surface area contributed by atoms with Crippen LogP contribution in [0.4, 0.5) is 0 Å². The molecule has 1 aliphatic rings. The maximum absolute atomic E-state index is 12.1. The highest BCUT2D eigenvalue weighted by molar-refractivity contribution is 6.34. The topological polar surface area (TPSA) is 74.2 Å². The monoisotopic (exact) mass is 371 g/mol. The number of nitrogens with zero attached hydrogens (tertiary/aromatic N) is 1. The molecule has 132 valence electrons. The Morgan fingerprint density at radius 1 is 1.19 bits per heavy atom. The highest BCUT2D eigenvalue weighted by Gasteiger charge is 2.25. The summed E-state index contributed by atoms with van der Waals surface area (Å²) in [6.45, 7) is 1.30. The molecule has 2 aromatic rings. The van der Waals surface area contributed by atoms with Gasteiger partial charge in [-0.3, -0.25) is 4.79 Å². The first-order valence-electron chi connectivity index (χ1n) is 7.62. The maximum Gasteiger partial charge on any atom is 0.363 e. The molecular formula is C19H14ClNO5. The minimum absolute atomic E-state index is 0.127. The Morgan fingerprint density at radius 3 is 2.65 bits per heavy atom. The minimum atomic E-state index is -0.581. The SMILES string of the molecule is COc1cc(C=C2N=C(c3ccccc3Cl)OC2=O)ccc1OC(C)=O. The van der Waals surface area contributed by atoms with Crippen LogP contribution in [-0.4, -0.2) is 24.9 Å². The van der Waals surface area contributed by atoms with Crippen LogP contribution < -0.4 is 9.47 Å². The van der Waals surface area contributed by atoms with Gasteiger partial charge in [0.05, 0.1) is 17.7 Å². The maximum atomic E-state index is 12.1. The van der Waals surface area contributed by atoms with Gasteiger partial charge in [-0.1, -0.05) is 29.8 Å². The summed E-state index contributed by atoms with van der Waals surface area (Å²) >= 11 is 6.11. The zero-order valence-corrected chi connectivity index (χ0v) is 14.7. The average molecular weight is 372 g/mol. The number of methoxy groups -OCH3 is 1. The van der Waals surface area contributed by atoms with Gasteiger partial charge in [-0.15, -0.1) is 0 Å². The quantitative estimate of drug-likeness (QED) is 0.466. The van der Waals surface area contributed by atoms with E-state index in [1.54, 1.807) is 48.5 Å². The van der Waals surface area contributed by atoms with Crippen LogP contribution in [-0.2, 0) is 14.3 Å². The molecule has 0 unspecified atom stereocenters. The lowest BCUT2D eigenvalue weighted by Crippen LogP contribution is -2.05. The van der Waals surface area contributed by atoms with E-state index >= 15 is 0 Å². The van der Waals surface area contributed by atoms with E-state index < -0.39 is 11.9 Å². The van der Waals surface area contributed by atoms with E-state index in [-0.39, 0.29) is 17.3 Å². The number of cyclic esters (lactones) is 1. The van der Waals surface area contributed by atoms with E-state index in [2.05, 4.69) is 4.99 Å². The van der Waals surface area contributed by atoms with Crippen LogP contribution in [0.2, 0.25) is 5.02 Å². The number of carbonyl (C=O) groups excluding carboxylic acids is 2. The van der Waals surface area contributed by atoms with Crippen molar-refractivity contribution >= 4 is 35.5 Å². The molecule has 3 rings (SSSR count). The molecule has 0 aliphatic carbocycles. The second-order valence-electron chi connectivity index (χ2n) is 5.32. The lowest BCUT2D eigenvalue weighted by molar-refractivity contribution is -0.132. The highest BCUT2D eigenvalue weighted by Crippen LogP contribution is 2.30. The van der Waals surface area contributed by atoms with Crippen LogP contribution in [0.15, 0.2) is 53.2 Å². The zero-order chi connectivity index (χ0) is 18.7. The number of carbonyl (C=O) groups is 2. The van der Waals surface area contributed by atoms with Gasteiger partial charge < -0.3 is 14.2 Å². The van der Waals surface area contributed by atoms with E-state index in [9.17, 15) is 9.59 Å². The predicted molar refractivity (Wildman–Crippen MR) is 96.4 cm³/mol. The molecule has 0 atom stereocenters. The molecule has 0 fully saturated rings. The van der Waals surface area contributed by atoms with Gasteiger partial charge in [0.2, 0.25) is 5.90 Å². The third kappa shape index (κ3) is 3.75. The van der Waals surface area contributed by atoms with Gasteiger partial charge in [0, 0.05) is 6.92 Å². The second kappa shape index (κ2) is 7.41. The molecule has 0 spiro atoms. The van der Waals surface area contributed by atoms with Crippen molar-refractivity contribution in [2.24, 2.45) is 4.99 Å². The summed E-state index contributed by atoms with van der Waals surface area (Å²) in [5, 5.41) is 0.438. The number of esters is 2. The first-order valence-corrected chi connectivity index (χ1v) is 7.99. The van der Waals surface area contributed by atoms with E-state index in [0.29, 0.717) is 21.9 Å². The number of halogens is 1. The highest BCUT2D eigenvalue weighted by atomic mass is 35.5. The fourth-order valence-electron chi connectivity index (χ4n) is 2.33. The van der Waals surface area contributed by atoms with Crippen molar-refractivity contribution in [2.45, 2.75) is 6.92 Å². The number of benzene rings is 2. The summed E-state index contributed by atoms with van der Waals surface area (Å²) < 4.78 is 15.5. The first kappa shape index (κ1) is 17.7. The molecule has 0 saturated carbocycles. The predicted octanol–water partition coefficient (Wildman–Crippen LogP) is 3.62. The molecule has 1 heterocycles. The lowest BCUT2D eigenvalue weighted by Gasteiger charge is -2.08. The van der Waals surface area contributed by atoms with Gasteiger partial charge >= 0.3 is 11.9 Å². The Labute approximate surface area is 154 Å². The number of hydrogen-bond donors (Lipinski definition) is 0. The molecule has 1 aliphatic heterocycles. The normalized spacial score (nSPS) is 14.8. The Kier molecular flexibility index (Phi) is 5.04. The van der Waals surface area contributed by atoms with E-state index in [0.717, 1.165) is 0 Å². The summed E-state index contributed by atoms with van der Waals surface area (Å²) in [6, 6.07) is 11.8. The fraction of sp³-hybridized carbons (Fsp3) is 0.105. The number of ether oxygens (including phenoxy) is 3. The smallest absolute Gasteiger partial charge is 0.363 e. The van der Waals surface area contributed by atoms with Gasteiger partial charge in [-0.2, -0.15) is 0 Å². The van der Waals surface area contributed by atoms with Gasteiger partial charge in [0.1, 0.15) is 0 Å². The fourth-order valence-corrected chi connectivity index (χ4v) is 2.55. The van der Waals surface area contributed by atoms with Crippen LogP contribution in [0.3, 0.4) is 0 Å². The summed E-state index contributed by atoms with van der Waals surface area (Å²) in [7, 11) is 1.46. The van der Waals surface area contributed by atoms with Crippen molar-refractivity contribution in [1.29, 1.82) is 0 Å². The van der Waals surface area contributed by atoms with Crippen molar-refractivity contribution in [3.05, 3.63) is 64.3 Å². The first-order chi connectivity index (χ1) is 12.5. The van der Waals surface area contributed by atoms with Crippen molar-refractivity contribution in [3.63, 3.8) is 0 Å². The van der Waals surface area contributed by atoms with Gasteiger partial charge in [-0.25, -0.2) is 9.79 Å². The van der Waals surface area contributed by atoms with E-state index in [1.807, 2.05) is 0 Å². The zero-order valence-electron chi connectivity index (χ0n) is 14.0. The van der Waals surface area contributed by atoms with Crippen molar-refractivity contribution in [1.82, 2.24) is 0 Å². The van der Waals surface area contributed by atoms with Crippen molar-refractivity contribution in [3.8, 4) is 11.5 Å². The Balaban J connectivity index is 1.93. The molecule has 2 aromatic carbocycles. The van der Waals surface area contributed by atoms with E-state index in [1.165, 1.54) is 14.0 Å². The summed E-state index contributed by atoms with van der Waals surface area (Å²) in [6.07, 6.45) is 1.55. The van der Waals surface area contributed by atoms with E-state index in [4.69, 9.17) is 25.8 Å². The minimum Gasteiger partial charge on any atom is -0.493 e. The molecule has 0 N–H and O–H groups in total. The van der Waals surface area contributed by atoms with Crippen LogP contribution in [0.5, 0.6) is 11.5 Å². The third-order valence-electron chi connectivity index (χ3n) is 3.47. The summed E-state index contributed by atoms with van der Waals surface area (Å²) in [5.41, 5.74) is 1.30. The number of hydrogen-bond acceptors (Lipinski definition) is 6. The van der Waals surface area contributed by atoms with Crippen LogP contribution in [0.1, 0.15) is 18.1 Å². The molecule has 0 bridgehead atoms. The van der Waals surface area contributed by atoms with Crippen molar-refractivity contribution < 1.29 is 23.8 Å².